The van der Waals surface area contributed by atoms with Crippen LogP contribution < -0.4 is 4.72 Å². The summed E-state index contributed by atoms with van der Waals surface area (Å²) >= 11 is 5.72. The Labute approximate surface area is 104 Å². The van der Waals surface area contributed by atoms with Crippen LogP contribution in [0, 0.1) is 0 Å². The summed E-state index contributed by atoms with van der Waals surface area (Å²) in [7, 11) is -3.50. The summed E-state index contributed by atoms with van der Waals surface area (Å²) in [6, 6.07) is 0. The number of rotatable bonds is 4. The molecule has 1 atom stereocenters. The van der Waals surface area contributed by atoms with Gasteiger partial charge >= 0.3 is 0 Å². The van der Waals surface area contributed by atoms with Crippen LogP contribution in [-0.2, 0) is 14.8 Å². The van der Waals surface area contributed by atoms with Gasteiger partial charge in [0.1, 0.15) is 0 Å². The highest BCUT2D eigenvalue weighted by molar-refractivity contribution is 7.92. The summed E-state index contributed by atoms with van der Waals surface area (Å²) in [5, 5.41) is 0.0309. The Morgan fingerprint density at radius 2 is 2.24 bits per heavy atom. The average molecular weight is 278 g/mol. The number of nitrogens with zero attached hydrogens (tertiary/aromatic N) is 2. The number of hydrogen-bond acceptors (Lipinski definition) is 5. The molecule has 1 fully saturated rings. The number of anilines is 1. The third-order valence-corrected chi connectivity index (χ3v) is 3.93. The Kier molecular flexibility index (Phi) is 3.80. The first-order chi connectivity index (χ1) is 8.07. The normalized spacial score (nSPS) is 20.4. The highest BCUT2D eigenvalue weighted by Crippen LogP contribution is 2.18. The second-order valence-corrected chi connectivity index (χ2v) is 5.84. The fourth-order valence-corrected chi connectivity index (χ4v) is 3.09. The fraction of sp³-hybridized carbons (Fsp3) is 0.556. The van der Waals surface area contributed by atoms with Crippen molar-refractivity contribution in [2.24, 2.45) is 0 Å². The molecule has 8 heteroatoms. The Bertz CT molecular complexity index is 488. The van der Waals surface area contributed by atoms with E-state index in [1.165, 1.54) is 12.4 Å². The van der Waals surface area contributed by atoms with Gasteiger partial charge in [-0.25, -0.2) is 18.4 Å². The van der Waals surface area contributed by atoms with Gasteiger partial charge in [-0.2, -0.15) is 0 Å². The molecule has 0 saturated carbocycles. The highest BCUT2D eigenvalue weighted by Gasteiger charge is 2.24. The summed E-state index contributed by atoms with van der Waals surface area (Å²) in [5.41, 5.74) is 0. The number of hydrogen-bond donors (Lipinski definition) is 1. The summed E-state index contributed by atoms with van der Waals surface area (Å²) in [6.45, 7) is 0.617. The van der Waals surface area contributed by atoms with Crippen LogP contribution in [0.5, 0.6) is 0 Å². The molecule has 1 N–H and O–H groups in total. The van der Waals surface area contributed by atoms with Crippen molar-refractivity contribution in [3.05, 3.63) is 17.5 Å². The van der Waals surface area contributed by atoms with Crippen LogP contribution in [0.15, 0.2) is 12.4 Å². The van der Waals surface area contributed by atoms with Gasteiger partial charge in [0, 0.05) is 19.0 Å². The predicted octanol–water partition coefficient (Wildman–Crippen LogP) is 1.05. The Morgan fingerprint density at radius 1 is 1.47 bits per heavy atom. The summed E-state index contributed by atoms with van der Waals surface area (Å²) in [4.78, 5) is 7.55. The molecular weight excluding hydrogens is 266 g/mol. The predicted molar refractivity (Wildman–Crippen MR) is 63.4 cm³/mol. The van der Waals surface area contributed by atoms with Gasteiger partial charge in [0.2, 0.25) is 10.0 Å². The Balaban J connectivity index is 2.04. The van der Waals surface area contributed by atoms with Crippen molar-refractivity contribution in [2.75, 3.05) is 17.1 Å². The number of nitrogens with one attached hydrogen (secondary N) is 1. The monoisotopic (exact) mass is 277 g/mol. The van der Waals surface area contributed by atoms with Gasteiger partial charge in [0.05, 0.1) is 11.9 Å². The average Bonchev–Trinajstić information content (AvgIpc) is 2.73. The van der Waals surface area contributed by atoms with Gasteiger partial charge in [-0.05, 0) is 12.8 Å². The Morgan fingerprint density at radius 3 is 2.88 bits per heavy atom. The maximum atomic E-state index is 11.8. The first-order valence-electron chi connectivity index (χ1n) is 5.15. The molecule has 2 rings (SSSR count). The van der Waals surface area contributed by atoms with Crippen LogP contribution in [0.4, 0.5) is 5.82 Å². The minimum absolute atomic E-state index is 0.0309. The molecule has 1 unspecified atom stereocenters. The molecule has 17 heavy (non-hydrogen) atoms. The number of halogens is 1. The zero-order valence-electron chi connectivity index (χ0n) is 8.97. The van der Waals surface area contributed by atoms with E-state index in [9.17, 15) is 8.42 Å². The van der Waals surface area contributed by atoms with Crippen molar-refractivity contribution >= 4 is 27.4 Å². The third kappa shape index (κ3) is 3.52. The standard InChI is InChI=1S/C9H12ClN3O3S/c10-8-9(12-4-3-11-8)13-17(14,15)6-7-2-1-5-16-7/h3-4,7H,1-2,5-6H2,(H,12,13). The lowest BCUT2D eigenvalue weighted by atomic mass is 10.3. The quantitative estimate of drug-likeness (QED) is 0.890. The van der Waals surface area contributed by atoms with Crippen LogP contribution in [0.3, 0.4) is 0 Å². The molecule has 6 nitrogen and oxygen atoms in total. The van der Waals surface area contributed by atoms with Crippen LogP contribution in [0.25, 0.3) is 0 Å². The zero-order valence-corrected chi connectivity index (χ0v) is 10.5. The number of ether oxygens (including phenoxy) is 1. The van der Waals surface area contributed by atoms with Gasteiger partial charge in [0.15, 0.2) is 11.0 Å². The summed E-state index contributed by atoms with van der Waals surface area (Å²) < 4.78 is 31.1. The van der Waals surface area contributed by atoms with E-state index in [2.05, 4.69) is 14.7 Å². The second-order valence-electron chi connectivity index (χ2n) is 3.71. The molecule has 0 aliphatic carbocycles. The molecule has 0 spiro atoms. The summed E-state index contributed by atoms with van der Waals surface area (Å²) in [6.07, 6.45) is 4.17. The number of sulfonamides is 1. The van der Waals surface area contributed by atoms with E-state index in [0.29, 0.717) is 6.61 Å². The van der Waals surface area contributed by atoms with Crippen LogP contribution >= 0.6 is 11.6 Å². The van der Waals surface area contributed by atoms with E-state index in [1.54, 1.807) is 0 Å². The fourth-order valence-electron chi connectivity index (χ4n) is 1.60. The Hall–Kier alpha value is -0.920. The number of aromatic nitrogens is 2. The molecule has 1 aromatic heterocycles. The summed E-state index contributed by atoms with van der Waals surface area (Å²) in [5.74, 6) is -0.0351. The van der Waals surface area contributed by atoms with Crippen molar-refractivity contribution in [1.29, 1.82) is 0 Å². The van der Waals surface area contributed by atoms with Crippen molar-refractivity contribution in [3.8, 4) is 0 Å². The molecule has 1 aromatic rings. The lowest BCUT2D eigenvalue weighted by Gasteiger charge is -2.11. The maximum absolute atomic E-state index is 11.8. The smallest absolute Gasteiger partial charge is 0.236 e. The van der Waals surface area contributed by atoms with Gasteiger partial charge in [0.25, 0.3) is 0 Å². The molecular formula is C9H12ClN3O3S. The van der Waals surface area contributed by atoms with Crippen molar-refractivity contribution in [3.63, 3.8) is 0 Å². The molecule has 94 valence electrons. The minimum Gasteiger partial charge on any atom is -0.377 e. The molecule has 0 aromatic carbocycles. The molecule has 1 aliphatic rings. The lowest BCUT2D eigenvalue weighted by molar-refractivity contribution is 0.127. The maximum Gasteiger partial charge on any atom is 0.236 e. The minimum atomic E-state index is -3.50. The van der Waals surface area contributed by atoms with Gasteiger partial charge in [-0.1, -0.05) is 11.6 Å². The van der Waals surface area contributed by atoms with Crippen LogP contribution in [0.1, 0.15) is 12.8 Å². The van der Waals surface area contributed by atoms with E-state index in [0.717, 1.165) is 12.8 Å². The van der Waals surface area contributed by atoms with Crippen molar-refractivity contribution < 1.29 is 13.2 Å². The van der Waals surface area contributed by atoms with E-state index in [-0.39, 0.29) is 22.8 Å². The largest absolute Gasteiger partial charge is 0.377 e. The van der Waals surface area contributed by atoms with E-state index < -0.39 is 10.0 Å². The first kappa shape index (κ1) is 12.5. The topological polar surface area (TPSA) is 81.2 Å². The lowest BCUT2D eigenvalue weighted by Crippen LogP contribution is -2.26. The van der Waals surface area contributed by atoms with E-state index in [1.807, 2.05) is 0 Å². The van der Waals surface area contributed by atoms with Crippen molar-refractivity contribution in [2.45, 2.75) is 18.9 Å². The first-order valence-corrected chi connectivity index (χ1v) is 7.18. The molecule has 0 bridgehead atoms. The van der Waals surface area contributed by atoms with Gasteiger partial charge in [-0.15, -0.1) is 0 Å². The molecule has 0 radical (unpaired) electrons. The van der Waals surface area contributed by atoms with Crippen molar-refractivity contribution in [1.82, 2.24) is 9.97 Å². The van der Waals surface area contributed by atoms with E-state index in [4.69, 9.17) is 16.3 Å². The third-order valence-electron chi connectivity index (χ3n) is 2.34. The van der Waals surface area contributed by atoms with Crippen LogP contribution in [0.2, 0.25) is 5.15 Å². The second kappa shape index (κ2) is 5.16. The highest BCUT2D eigenvalue weighted by atomic mass is 35.5. The molecule has 0 amide bonds. The molecule has 1 aliphatic heterocycles. The van der Waals surface area contributed by atoms with E-state index >= 15 is 0 Å². The van der Waals surface area contributed by atoms with Gasteiger partial charge < -0.3 is 4.74 Å². The van der Waals surface area contributed by atoms with Gasteiger partial charge in [-0.3, -0.25) is 4.72 Å². The molecule has 2 heterocycles. The molecule has 1 saturated heterocycles. The SMILES string of the molecule is O=S(=O)(CC1CCCO1)Nc1nccnc1Cl. The van der Waals surface area contributed by atoms with Crippen LogP contribution in [-0.4, -0.2) is 36.8 Å². The zero-order chi connectivity index (χ0) is 12.3.